The molecule has 0 aromatic heterocycles. The van der Waals surface area contributed by atoms with Gasteiger partial charge in [0.1, 0.15) is 5.75 Å². The van der Waals surface area contributed by atoms with Gasteiger partial charge < -0.3 is 19.7 Å². The average molecular weight is 426 g/mol. The molecule has 3 rings (SSSR count). The third-order valence-electron chi connectivity index (χ3n) is 5.30. The minimum absolute atomic E-state index is 0.0657. The number of unbranched alkanes of at least 4 members (excludes halogenated alkanes) is 1. The lowest BCUT2D eigenvalue weighted by Crippen LogP contribution is -2.48. The summed E-state index contributed by atoms with van der Waals surface area (Å²) in [5.74, 6) is 0.467. The summed E-state index contributed by atoms with van der Waals surface area (Å²) in [5, 5.41) is 2.90. The summed E-state index contributed by atoms with van der Waals surface area (Å²) in [6.45, 7) is 6.08. The summed E-state index contributed by atoms with van der Waals surface area (Å²) in [4.78, 5) is 28.8. The lowest BCUT2D eigenvalue weighted by atomic mass is 10.2. The highest BCUT2D eigenvalue weighted by atomic mass is 16.5. The molecule has 2 aromatic rings. The fourth-order valence-corrected chi connectivity index (χ4v) is 3.52. The van der Waals surface area contributed by atoms with Crippen LogP contribution in [0.4, 0.5) is 11.4 Å². The fourth-order valence-electron chi connectivity index (χ4n) is 3.52. The zero-order valence-corrected chi connectivity index (χ0v) is 18.3. The van der Waals surface area contributed by atoms with Crippen LogP contribution in [0.15, 0.2) is 48.5 Å². The maximum atomic E-state index is 12.4. The quantitative estimate of drug-likeness (QED) is 0.490. The summed E-state index contributed by atoms with van der Waals surface area (Å²) >= 11 is 0. The number of para-hydroxylation sites is 2. The number of ether oxygens (including phenoxy) is 2. The Morgan fingerprint density at radius 1 is 1.00 bits per heavy atom. The number of nitrogens with one attached hydrogen (secondary N) is 1. The van der Waals surface area contributed by atoms with E-state index >= 15 is 0 Å². The Bertz CT molecular complexity index is 861. The van der Waals surface area contributed by atoms with Gasteiger partial charge in [-0.1, -0.05) is 25.5 Å². The molecular formula is C24H31N3O4. The van der Waals surface area contributed by atoms with E-state index in [-0.39, 0.29) is 11.9 Å². The normalized spacial score (nSPS) is 14.2. The molecular weight excluding hydrogens is 394 g/mol. The van der Waals surface area contributed by atoms with Crippen LogP contribution >= 0.6 is 0 Å². The van der Waals surface area contributed by atoms with E-state index in [4.69, 9.17) is 9.47 Å². The summed E-state index contributed by atoms with van der Waals surface area (Å²) in [7, 11) is 1.68. The molecule has 1 fully saturated rings. The van der Waals surface area contributed by atoms with Crippen molar-refractivity contribution in [1.29, 1.82) is 0 Å². The summed E-state index contributed by atoms with van der Waals surface area (Å²) < 4.78 is 10.7. The monoisotopic (exact) mass is 425 g/mol. The third kappa shape index (κ3) is 6.46. The molecule has 0 spiro atoms. The molecule has 0 radical (unpaired) electrons. The predicted molar refractivity (Wildman–Crippen MR) is 122 cm³/mol. The molecule has 0 bridgehead atoms. The molecule has 7 heteroatoms. The molecule has 1 saturated heterocycles. The van der Waals surface area contributed by atoms with Crippen molar-refractivity contribution in [2.75, 3.05) is 56.7 Å². The van der Waals surface area contributed by atoms with Gasteiger partial charge in [-0.2, -0.15) is 0 Å². The van der Waals surface area contributed by atoms with Crippen LogP contribution in [0.3, 0.4) is 0 Å². The van der Waals surface area contributed by atoms with Crippen LogP contribution < -0.4 is 15.0 Å². The van der Waals surface area contributed by atoms with Gasteiger partial charge in [-0.15, -0.1) is 0 Å². The SMILES string of the molecule is CCCCOC(=O)c1ccc(NC(=O)CN2CCN(c3ccccc3OC)CC2)cc1. The van der Waals surface area contributed by atoms with Crippen LogP contribution in [0.5, 0.6) is 5.75 Å². The van der Waals surface area contributed by atoms with Gasteiger partial charge in [0.05, 0.1) is 31.5 Å². The van der Waals surface area contributed by atoms with Crippen molar-refractivity contribution in [3.63, 3.8) is 0 Å². The number of carbonyl (C=O) groups excluding carboxylic acids is 2. The zero-order chi connectivity index (χ0) is 22.1. The van der Waals surface area contributed by atoms with E-state index < -0.39 is 0 Å². The van der Waals surface area contributed by atoms with Crippen LogP contribution in [0.1, 0.15) is 30.1 Å². The number of rotatable bonds is 9. The topological polar surface area (TPSA) is 71.1 Å². The van der Waals surface area contributed by atoms with Crippen LogP contribution in [-0.4, -0.2) is 63.2 Å². The van der Waals surface area contributed by atoms with Gasteiger partial charge >= 0.3 is 5.97 Å². The van der Waals surface area contributed by atoms with Gasteiger partial charge in [0.15, 0.2) is 0 Å². The van der Waals surface area contributed by atoms with Crippen LogP contribution in [0, 0.1) is 0 Å². The van der Waals surface area contributed by atoms with E-state index in [1.807, 2.05) is 25.1 Å². The minimum Gasteiger partial charge on any atom is -0.495 e. The fraction of sp³-hybridized carbons (Fsp3) is 0.417. The Kier molecular flexibility index (Phi) is 8.29. The van der Waals surface area contributed by atoms with E-state index in [2.05, 4.69) is 21.2 Å². The van der Waals surface area contributed by atoms with Gasteiger partial charge in [0, 0.05) is 31.9 Å². The van der Waals surface area contributed by atoms with Crippen molar-refractivity contribution in [2.24, 2.45) is 0 Å². The number of carbonyl (C=O) groups is 2. The van der Waals surface area contributed by atoms with Crippen LogP contribution in [0.25, 0.3) is 0 Å². The number of benzene rings is 2. The summed E-state index contributed by atoms with van der Waals surface area (Å²) in [5.41, 5.74) is 2.24. The standard InChI is InChI=1S/C24H31N3O4/c1-3-4-17-31-24(29)19-9-11-20(12-10-19)25-23(28)18-26-13-15-27(16-14-26)21-7-5-6-8-22(21)30-2/h5-12H,3-4,13-18H2,1-2H3,(H,25,28). The Balaban J connectivity index is 1.44. The molecule has 1 heterocycles. The van der Waals surface area contributed by atoms with Gasteiger partial charge in [-0.25, -0.2) is 4.79 Å². The highest BCUT2D eigenvalue weighted by Gasteiger charge is 2.21. The summed E-state index contributed by atoms with van der Waals surface area (Å²) in [6, 6.07) is 14.8. The lowest BCUT2D eigenvalue weighted by Gasteiger charge is -2.36. The van der Waals surface area contributed by atoms with Crippen molar-refractivity contribution in [1.82, 2.24) is 4.90 Å². The molecule has 1 aliphatic heterocycles. The second kappa shape index (κ2) is 11.4. The molecule has 1 aliphatic rings. The Labute approximate surface area is 183 Å². The van der Waals surface area contributed by atoms with Crippen molar-refractivity contribution < 1.29 is 19.1 Å². The van der Waals surface area contributed by atoms with Crippen LogP contribution in [0.2, 0.25) is 0 Å². The Morgan fingerprint density at radius 3 is 2.39 bits per heavy atom. The lowest BCUT2D eigenvalue weighted by molar-refractivity contribution is -0.117. The maximum Gasteiger partial charge on any atom is 0.338 e. The molecule has 2 aromatic carbocycles. The second-order valence-corrected chi connectivity index (χ2v) is 7.55. The summed E-state index contributed by atoms with van der Waals surface area (Å²) in [6.07, 6.45) is 1.83. The van der Waals surface area contributed by atoms with Gasteiger partial charge in [0.25, 0.3) is 0 Å². The highest BCUT2D eigenvalue weighted by molar-refractivity contribution is 5.94. The van der Waals surface area contributed by atoms with Crippen molar-refractivity contribution in [2.45, 2.75) is 19.8 Å². The predicted octanol–water partition coefficient (Wildman–Crippen LogP) is 3.41. The van der Waals surface area contributed by atoms with Crippen LogP contribution in [-0.2, 0) is 9.53 Å². The number of anilines is 2. The first-order valence-electron chi connectivity index (χ1n) is 10.8. The number of piperazine rings is 1. The smallest absolute Gasteiger partial charge is 0.338 e. The molecule has 1 N–H and O–H groups in total. The highest BCUT2D eigenvalue weighted by Crippen LogP contribution is 2.28. The molecule has 0 aliphatic carbocycles. The third-order valence-corrected chi connectivity index (χ3v) is 5.30. The molecule has 7 nitrogen and oxygen atoms in total. The van der Waals surface area contributed by atoms with Gasteiger partial charge in [-0.3, -0.25) is 9.69 Å². The molecule has 0 unspecified atom stereocenters. The largest absolute Gasteiger partial charge is 0.495 e. The van der Waals surface area contributed by atoms with Gasteiger partial charge in [0.2, 0.25) is 5.91 Å². The van der Waals surface area contributed by atoms with Crippen molar-refractivity contribution >= 4 is 23.3 Å². The first-order chi connectivity index (χ1) is 15.1. The minimum atomic E-state index is -0.334. The van der Waals surface area contributed by atoms with Gasteiger partial charge in [-0.05, 0) is 42.8 Å². The molecule has 0 atom stereocenters. The number of amides is 1. The number of esters is 1. The first kappa shape index (κ1) is 22.6. The Morgan fingerprint density at radius 2 is 1.71 bits per heavy atom. The van der Waals surface area contributed by atoms with E-state index in [1.54, 1.807) is 31.4 Å². The number of hydrogen-bond donors (Lipinski definition) is 1. The molecule has 31 heavy (non-hydrogen) atoms. The average Bonchev–Trinajstić information content (AvgIpc) is 2.80. The molecule has 0 saturated carbocycles. The van der Waals surface area contributed by atoms with E-state index in [0.717, 1.165) is 50.5 Å². The number of methoxy groups -OCH3 is 1. The maximum absolute atomic E-state index is 12.4. The first-order valence-corrected chi connectivity index (χ1v) is 10.8. The van der Waals surface area contributed by atoms with E-state index in [0.29, 0.717) is 24.4 Å². The van der Waals surface area contributed by atoms with E-state index in [9.17, 15) is 9.59 Å². The van der Waals surface area contributed by atoms with Crippen molar-refractivity contribution in [3.05, 3.63) is 54.1 Å². The van der Waals surface area contributed by atoms with E-state index in [1.165, 1.54) is 0 Å². The Hall–Kier alpha value is -3.06. The number of nitrogens with zero attached hydrogens (tertiary/aromatic N) is 2. The second-order valence-electron chi connectivity index (χ2n) is 7.55. The number of hydrogen-bond acceptors (Lipinski definition) is 6. The molecule has 1 amide bonds. The zero-order valence-electron chi connectivity index (χ0n) is 18.3. The van der Waals surface area contributed by atoms with Crippen molar-refractivity contribution in [3.8, 4) is 5.75 Å². The molecule has 166 valence electrons.